The van der Waals surface area contributed by atoms with Crippen molar-refractivity contribution in [2.24, 2.45) is 5.92 Å². The second-order valence-corrected chi connectivity index (χ2v) is 9.83. The summed E-state index contributed by atoms with van der Waals surface area (Å²) in [5.41, 5.74) is 1.84. The third kappa shape index (κ3) is 4.78. The van der Waals surface area contributed by atoms with E-state index in [4.69, 9.17) is 14.3 Å². The summed E-state index contributed by atoms with van der Waals surface area (Å²) in [6, 6.07) is 14.9. The van der Waals surface area contributed by atoms with Gasteiger partial charge >= 0.3 is 0 Å². The van der Waals surface area contributed by atoms with Gasteiger partial charge in [-0.25, -0.2) is 13.1 Å². The van der Waals surface area contributed by atoms with Crippen LogP contribution in [0.2, 0.25) is 0 Å². The van der Waals surface area contributed by atoms with E-state index in [2.05, 4.69) is 4.72 Å². The molecule has 2 aromatic rings. The van der Waals surface area contributed by atoms with E-state index >= 15 is 0 Å². The number of hydrogen-bond acceptors (Lipinski definition) is 6. The van der Waals surface area contributed by atoms with Crippen molar-refractivity contribution in [1.29, 1.82) is 0 Å². The van der Waals surface area contributed by atoms with E-state index in [1.165, 1.54) is 0 Å². The highest BCUT2D eigenvalue weighted by Gasteiger charge is 2.43. The van der Waals surface area contributed by atoms with Gasteiger partial charge in [0.15, 0.2) is 11.5 Å². The second kappa shape index (κ2) is 8.93. The zero-order valence-corrected chi connectivity index (χ0v) is 18.1. The molecule has 4 rings (SSSR count). The highest BCUT2D eigenvalue weighted by atomic mass is 32.2. The Morgan fingerprint density at radius 3 is 2.60 bits per heavy atom. The maximum atomic E-state index is 12.9. The van der Waals surface area contributed by atoms with Crippen LogP contribution >= 0.6 is 0 Å². The molecule has 0 aromatic heterocycles. The molecule has 30 heavy (non-hydrogen) atoms. The molecule has 1 N–H and O–H groups in total. The monoisotopic (exact) mass is 432 g/mol. The summed E-state index contributed by atoms with van der Waals surface area (Å²) in [5.74, 6) is 1.64. The normalized spacial score (nSPS) is 22.2. The van der Waals surface area contributed by atoms with Gasteiger partial charge in [0.1, 0.15) is 11.9 Å². The minimum absolute atomic E-state index is 0.118. The zero-order chi connectivity index (χ0) is 21.1. The fourth-order valence-corrected chi connectivity index (χ4v) is 5.26. The summed E-state index contributed by atoms with van der Waals surface area (Å²) in [5, 5.41) is 0.917. The van der Waals surface area contributed by atoms with Crippen molar-refractivity contribution >= 4 is 10.0 Å². The minimum Gasteiger partial charge on any atom is -0.493 e. The number of hydroxylamine groups is 2. The van der Waals surface area contributed by atoms with E-state index in [1.807, 2.05) is 48.5 Å². The number of sulfonamides is 1. The van der Waals surface area contributed by atoms with Crippen molar-refractivity contribution in [1.82, 2.24) is 9.79 Å². The summed E-state index contributed by atoms with van der Waals surface area (Å²) in [6.45, 7) is 1.01. The Balaban J connectivity index is 1.56. The molecule has 0 bridgehead atoms. The first-order chi connectivity index (χ1) is 14.5. The molecule has 2 atom stereocenters. The molecule has 2 fully saturated rings. The SMILES string of the molecule is COc1ccc(C2C(S(=O)(=O)NCC3CC3)CON2C)cc1OCc1ccccc1. The van der Waals surface area contributed by atoms with Crippen LogP contribution in [0.4, 0.5) is 0 Å². The van der Waals surface area contributed by atoms with Crippen LogP contribution in [-0.4, -0.2) is 46.0 Å². The third-order valence-electron chi connectivity index (χ3n) is 5.62. The number of benzene rings is 2. The quantitative estimate of drug-likeness (QED) is 0.657. The molecule has 1 heterocycles. The zero-order valence-electron chi connectivity index (χ0n) is 17.3. The summed E-state index contributed by atoms with van der Waals surface area (Å²) < 4.78 is 40.1. The van der Waals surface area contributed by atoms with Crippen LogP contribution in [0.25, 0.3) is 0 Å². The van der Waals surface area contributed by atoms with Crippen LogP contribution in [0.15, 0.2) is 48.5 Å². The van der Waals surface area contributed by atoms with E-state index in [-0.39, 0.29) is 6.61 Å². The molecular formula is C22H28N2O5S. The molecule has 0 amide bonds. The molecule has 1 saturated heterocycles. The molecule has 1 aliphatic carbocycles. The largest absolute Gasteiger partial charge is 0.493 e. The first-order valence-corrected chi connectivity index (χ1v) is 11.7. The maximum Gasteiger partial charge on any atom is 0.218 e. The van der Waals surface area contributed by atoms with Crippen LogP contribution in [0.1, 0.15) is 30.0 Å². The van der Waals surface area contributed by atoms with Gasteiger partial charge in [-0.15, -0.1) is 0 Å². The van der Waals surface area contributed by atoms with Gasteiger partial charge in [-0.3, -0.25) is 4.84 Å². The van der Waals surface area contributed by atoms with Gasteiger partial charge in [0, 0.05) is 13.6 Å². The number of methoxy groups -OCH3 is 1. The predicted octanol–water partition coefficient (Wildman–Crippen LogP) is 2.89. The highest BCUT2D eigenvalue weighted by Crippen LogP contribution is 2.38. The van der Waals surface area contributed by atoms with Crippen molar-refractivity contribution in [2.75, 3.05) is 27.3 Å². The Hall–Kier alpha value is -2.13. The molecule has 162 valence electrons. The summed E-state index contributed by atoms with van der Waals surface area (Å²) in [4.78, 5) is 5.61. The Morgan fingerprint density at radius 2 is 1.90 bits per heavy atom. The van der Waals surface area contributed by atoms with E-state index < -0.39 is 21.3 Å². The Bertz CT molecular complexity index is 963. The van der Waals surface area contributed by atoms with Crippen LogP contribution in [0, 0.1) is 5.92 Å². The fourth-order valence-electron chi connectivity index (χ4n) is 3.67. The molecule has 0 radical (unpaired) electrons. The Morgan fingerprint density at radius 1 is 1.13 bits per heavy atom. The number of ether oxygens (including phenoxy) is 2. The van der Waals surface area contributed by atoms with Gasteiger partial charge in [-0.05, 0) is 42.0 Å². The van der Waals surface area contributed by atoms with Crippen molar-refractivity contribution < 1.29 is 22.7 Å². The van der Waals surface area contributed by atoms with Crippen molar-refractivity contribution in [2.45, 2.75) is 30.7 Å². The van der Waals surface area contributed by atoms with E-state index in [0.29, 0.717) is 30.6 Å². The topological polar surface area (TPSA) is 77.1 Å². The standard InChI is InChI=1S/C22H28N2O5S/c1-24-22(21(15-29-24)30(25,26)23-13-16-8-9-16)18-10-11-19(27-2)20(12-18)28-14-17-6-4-3-5-7-17/h3-7,10-12,16,21-23H,8-9,13-15H2,1-2H3. The van der Waals surface area contributed by atoms with Crippen molar-refractivity contribution in [3.05, 3.63) is 59.7 Å². The summed E-state index contributed by atoms with van der Waals surface area (Å²) in [6.07, 6.45) is 2.18. The predicted molar refractivity (Wildman–Crippen MR) is 114 cm³/mol. The first kappa shape index (κ1) is 21.1. The lowest BCUT2D eigenvalue weighted by Gasteiger charge is -2.24. The van der Waals surface area contributed by atoms with Gasteiger partial charge in [-0.1, -0.05) is 36.4 Å². The number of nitrogens with zero attached hydrogens (tertiary/aromatic N) is 1. The highest BCUT2D eigenvalue weighted by molar-refractivity contribution is 7.90. The van der Waals surface area contributed by atoms with Gasteiger partial charge < -0.3 is 9.47 Å². The lowest BCUT2D eigenvalue weighted by Crippen LogP contribution is -2.40. The molecule has 7 nitrogen and oxygen atoms in total. The molecule has 1 saturated carbocycles. The van der Waals surface area contributed by atoms with Gasteiger partial charge in [0.25, 0.3) is 0 Å². The first-order valence-electron chi connectivity index (χ1n) is 10.2. The maximum absolute atomic E-state index is 12.9. The molecule has 2 unspecified atom stereocenters. The van der Waals surface area contributed by atoms with E-state index in [0.717, 1.165) is 24.0 Å². The Kier molecular flexibility index (Phi) is 6.29. The molecule has 8 heteroatoms. The molecule has 2 aliphatic rings. The van der Waals surface area contributed by atoms with Gasteiger partial charge in [0.05, 0.1) is 19.8 Å². The number of rotatable bonds is 9. The van der Waals surface area contributed by atoms with E-state index in [9.17, 15) is 8.42 Å². The number of hydrogen-bond donors (Lipinski definition) is 1. The van der Waals surface area contributed by atoms with Crippen molar-refractivity contribution in [3.8, 4) is 11.5 Å². The second-order valence-electron chi connectivity index (χ2n) is 7.85. The fraction of sp³-hybridized carbons (Fsp3) is 0.455. The van der Waals surface area contributed by atoms with Crippen LogP contribution in [0.3, 0.4) is 0 Å². The van der Waals surface area contributed by atoms with Crippen LogP contribution in [-0.2, 0) is 21.5 Å². The Labute approximate surface area is 177 Å². The smallest absolute Gasteiger partial charge is 0.218 e. The minimum atomic E-state index is -3.52. The lowest BCUT2D eigenvalue weighted by molar-refractivity contribution is -0.110. The lowest BCUT2D eigenvalue weighted by atomic mass is 10.0. The van der Waals surface area contributed by atoms with E-state index in [1.54, 1.807) is 19.2 Å². The number of nitrogens with one attached hydrogen (secondary N) is 1. The molecule has 2 aromatic carbocycles. The average molecular weight is 433 g/mol. The molecule has 0 spiro atoms. The van der Waals surface area contributed by atoms with Gasteiger partial charge in [0.2, 0.25) is 10.0 Å². The summed E-state index contributed by atoms with van der Waals surface area (Å²) >= 11 is 0. The molecular weight excluding hydrogens is 404 g/mol. The average Bonchev–Trinajstić information content (AvgIpc) is 3.51. The van der Waals surface area contributed by atoms with Crippen LogP contribution < -0.4 is 14.2 Å². The molecule has 1 aliphatic heterocycles. The van der Waals surface area contributed by atoms with Gasteiger partial charge in [-0.2, -0.15) is 5.06 Å². The van der Waals surface area contributed by atoms with Crippen LogP contribution in [0.5, 0.6) is 11.5 Å². The summed E-state index contributed by atoms with van der Waals surface area (Å²) in [7, 11) is -0.171. The third-order valence-corrected chi connectivity index (χ3v) is 7.38. The van der Waals surface area contributed by atoms with Crippen molar-refractivity contribution in [3.63, 3.8) is 0 Å².